The molecule has 0 saturated carbocycles. The van der Waals surface area contributed by atoms with Crippen molar-refractivity contribution in [3.63, 3.8) is 0 Å². The lowest BCUT2D eigenvalue weighted by atomic mass is 10.2. The molecule has 3 N–H and O–H groups in total. The third-order valence-corrected chi connectivity index (χ3v) is 2.46. The normalized spacial score (nSPS) is 10.1. The highest BCUT2D eigenvalue weighted by molar-refractivity contribution is 5.89. The van der Waals surface area contributed by atoms with Gasteiger partial charge < -0.3 is 15.7 Å². The van der Waals surface area contributed by atoms with Crippen LogP contribution in [0.1, 0.15) is 16.1 Å². The molecule has 0 aliphatic carbocycles. The molecule has 104 valence electrons. The number of aryl methyl sites for hydroxylation is 1. The van der Waals surface area contributed by atoms with Crippen molar-refractivity contribution < 1.29 is 14.7 Å². The summed E-state index contributed by atoms with van der Waals surface area (Å²) in [5, 5.41) is 17.9. The summed E-state index contributed by atoms with van der Waals surface area (Å²) in [5.74, 6) is -1.03. The van der Waals surface area contributed by atoms with Gasteiger partial charge in [-0.05, 0) is 12.1 Å². The summed E-state index contributed by atoms with van der Waals surface area (Å²) in [7, 11) is 1.74. The summed E-state index contributed by atoms with van der Waals surface area (Å²) in [4.78, 5) is 26.4. The van der Waals surface area contributed by atoms with E-state index in [0.29, 0.717) is 11.4 Å². The average molecular weight is 275 g/mol. The van der Waals surface area contributed by atoms with Gasteiger partial charge in [-0.3, -0.25) is 9.67 Å². The Morgan fingerprint density at radius 2 is 2.25 bits per heavy atom. The van der Waals surface area contributed by atoms with Crippen LogP contribution in [0.15, 0.2) is 30.7 Å². The molecule has 0 bridgehead atoms. The number of carboxylic acids is 1. The lowest BCUT2D eigenvalue weighted by Gasteiger charge is -2.05. The van der Waals surface area contributed by atoms with Crippen LogP contribution in [0.25, 0.3) is 0 Å². The minimum Gasteiger partial charge on any atom is -0.478 e. The van der Waals surface area contributed by atoms with Crippen LogP contribution < -0.4 is 10.6 Å². The van der Waals surface area contributed by atoms with Gasteiger partial charge in [-0.1, -0.05) is 0 Å². The summed E-state index contributed by atoms with van der Waals surface area (Å²) in [6, 6.07) is 2.38. The van der Waals surface area contributed by atoms with E-state index in [1.54, 1.807) is 17.9 Å². The Labute approximate surface area is 114 Å². The van der Waals surface area contributed by atoms with Crippen molar-refractivity contribution >= 4 is 17.7 Å². The largest absolute Gasteiger partial charge is 0.478 e. The van der Waals surface area contributed by atoms with E-state index >= 15 is 0 Å². The molecule has 2 aromatic rings. The van der Waals surface area contributed by atoms with Crippen LogP contribution in [0.4, 0.5) is 10.5 Å². The summed E-state index contributed by atoms with van der Waals surface area (Å²) < 4.78 is 1.56. The van der Waals surface area contributed by atoms with Crippen LogP contribution in [0.2, 0.25) is 0 Å². The van der Waals surface area contributed by atoms with Gasteiger partial charge in [-0.25, -0.2) is 9.59 Å². The van der Waals surface area contributed by atoms with Crippen LogP contribution in [-0.4, -0.2) is 31.9 Å². The number of urea groups is 1. The zero-order valence-corrected chi connectivity index (χ0v) is 10.7. The van der Waals surface area contributed by atoms with Gasteiger partial charge in [0.1, 0.15) is 0 Å². The molecule has 20 heavy (non-hydrogen) atoms. The third-order valence-electron chi connectivity index (χ3n) is 2.46. The quantitative estimate of drug-likeness (QED) is 0.765. The second-order valence-corrected chi connectivity index (χ2v) is 4.05. The summed E-state index contributed by atoms with van der Waals surface area (Å²) in [5.41, 5.74) is 1.16. The first-order valence-electron chi connectivity index (χ1n) is 5.76. The fourth-order valence-corrected chi connectivity index (χ4v) is 1.54. The predicted molar refractivity (Wildman–Crippen MR) is 70.3 cm³/mol. The first kappa shape index (κ1) is 13.5. The van der Waals surface area contributed by atoms with Crippen molar-refractivity contribution in [1.82, 2.24) is 20.1 Å². The molecule has 2 heterocycles. The van der Waals surface area contributed by atoms with E-state index < -0.39 is 12.0 Å². The molecule has 8 heteroatoms. The number of pyridine rings is 1. The number of anilines is 1. The number of aromatic carboxylic acids is 1. The Morgan fingerprint density at radius 1 is 1.45 bits per heavy atom. The molecule has 0 aliphatic rings. The maximum Gasteiger partial charge on any atom is 0.335 e. The lowest BCUT2D eigenvalue weighted by molar-refractivity contribution is 0.0696. The standard InChI is InChI=1S/C12H13N5O3/c1-17-7-10(6-15-17)16-12(20)14-5-9-4-8(11(18)19)2-3-13-9/h2-4,6-7H,5H2,1H3,(H,18,19)(H2,14,16,20). The first-order valence-corrected chi connectivity index (χ1v) is 5.76. The van der Waals surface area contributed by atoms with Crippen molar-refractivity contribution in [3.8, 4) is 0 Å². The first-order chi connectivity index (χ1) is 9.54. The average Bonchev–Trinajstić information content (AvgIpc) is 2.82. The van der Waals surface area contributed by atoms with E-state index in [2.05, 4.69) is 20.7 Å². The monoisotopic (exact) mass is 275 g/mol. The Balaban J connectivity index is 1.90. The van der Waals surface area contributed by atoms with Crippen molar-refractivity contribution in [2.75, 3.05) is 5.32 Å². The zero-order valence-electron chi connectivity index (χ0n) is 10.7. The topological polar surface area (TPSA) is 109 Å². The number of nitrogens with zero attached hydrogens (tertiary/aromatic N) is 3. The van der Waals surface area contributed by atoms with Gasteiger partial charge in [0, 0.05) is 19.4 Å². The number of aromatic nitrogens is 3. The van der Waals surface area contributed by atoms with Crippen molar-refractivity contribution in [1.29, 1.82) is 0 Å². The highest BCUT2D eigenvalue weighted by Crippen LogP contribution is 2.04. The molecule has 2 amide bonds. The van der Waals surface area contributed by atoms with E-state index in [0.717, 1.165) is 0 Å². The van der Waals surface area contributed by atoms with Gasteiger partial charge in [0.05, 0.1) is 29.7 Å². The highest BCUT2D eigenvalue weighted by atomic mass is 16.4. The molecule has 2 aromatic heterocycles. The SMILES string of the molecule is Cn1cc(NC(=O)NCc2cc(C(=O)O)ccn2)cn1. The Kier molecular flexibility index (Phi) is 3.94. The van der Waals surface area contributed by atoms with Crippen LogP contribution >= 0.6 is 0 Å². The summed E-state index contributed by atoms with van der Waals surface area (Å²) >= 11 is 0. The molecule has 0 atom stereocenters. The van der Waals surface area contributed by atoms with Crippen molar-refractivity contribution in [3.05, 3.63) is 42.0 Å². The zero-order chi connectivity index (χ0) is 14.5. The Hall–Kier alpha value is -2.90. The number of hydrogen-bond acceptors (Lipinski definition) is 4. The van der Waals surface area contributed by atoms with Crippen molar-refractivity contribution in [2.45, 2.75) is 6.54 Å². The second-order valence-electron chi connectivity index (χ2n) is 4.05. The fourth-order valence-electron chi connectivity index (χ4n) is 1.54. The van der Waals surface area contributed by atoms with Gasteiger partial charge in [0.25, 0.3) is 0 Å². The van der Waals surface area contributed by atoms with E-state index in [4.69, 9.17) is 5.11 Å². The molecule has 0 saturated heterocycles. The minimum atomic E-state index is -1.03. The summed E-state index contributed by atoms with van der Waals surface area (Å²) in [6.45, 7) is 0.132. The van der Waals surface area contributed by atoms with Gasteiger partial charge in [0.15, 0.2) is 0 Å². The molecule has 0 unspecified atom stereocenters. The molecule has 0 aromatic carbocycles. The van der Waals surface area contributed by atoms with Gasteiger partial charge >= 0.3 is 12.0 Å². The maximum absolute atomic E-state index is 11.6. The number of carboxylic acid groups (broad SMARTS) is 1. The molecule has 0 fully saturated rings. The molecular weight excluding hydrogens is 262 g/mol. The van der Waals surface area contributed by atoms with Gasteiger partial charge in [-0.2, -0.15) is 5.10 Å². The van der Waals surface area contributed by atoms with E-state index in [9.17, 15) is 9.59 Å². The number of nitrogens with one attached hydrogen (secondary N) is 2. The molecule has 0 radical (unpaired) electrons. The number of carbonyl (C=O) groups is 2. The van der Waals surface area contributed by atoms with Crippen LogP contribution in [0, 0.1) is 0 Å². The van der Waals surface area contributed by atoms with Gasteiger partial charge in [0.2, 0.25) is 0 Å². The summed E-state index contributed by atoms with van der Waals surface area (Å²) in [6.07, 6.45) is 4.56. The Morgan fingerprint density at radius 3 is 2.90 bits per heavy atom. The van der Waals surface area contributed by atoms with Gasteiger partial charge in [-0.15, -0.1) is 0 Å². The highest BCUT2D eigenvalue weighted by Gasteiger charge is 2.06. The third kappa shape index (κ3) is 3.55. The number of amides is 2. The van der Waals surface area contributed by atoms with Crippen LogP contribution in [0.5, 0.6) is 0 Å². The van der Waals surface area contributed by atoms with Crippen molar-refractivity contribution in [2.24, 2.45) is 7.05 Å². The molecular formula is C12H13N5O3. The van der Waals surface area contributed by atoms with Crippen LogP contribution in [0.3, 0.4) is 0 Å². The number of hydrogen-bond donors (Lipinski definition) is 3. The lowest BCUT2D eigenvalue weighted by Crippen LogP contribution is -2.28. The molecule has 0 spiro atoms. The van der Waals surface area contributed by atoms with Crippen LogP contribution in [-0.2, 0) is 13.6 Å². The maximum atomic E-state index is 11.6. The minimum absolute atomic E-state index is 0.129. The fraction of sp³-hybridized carbons (Fsp3) is 0.167. The number of rotatable bonds is 4. The molecule has 2 rings (SSSR count). The predicted octanol–water partition coefficient (Wildman–Crippen LogP) is 0.835. The number of carbonyl (C=O) groups excluding carboxylic acids is 1. The van der Waals surface area contributed by atoms with E-state index in [1.807, 2.05) is 0 Å². The molecule has 0 aliphatic heterocycles. The van der Waals surface area contributed by atoms with E-state index in [-0.39, 0.29) is 12.1 Å². The second kappa shape index (κ2) is 5.83. The Bertz CT molecular complexity index is 638. The van der Waals surface area contributed by atoms with E-state index in [1.165, 1.54) is 24.5 Å². The smallest absolute Gasteiger partial charge is 0.335 e. The molecule has 8 nitrogen and oxygen atoms in total.